The summed E-state index contributed by atoms with van der Waals surface area (Å²) in [5, 5.41) is 7.88. The molecule has 35 heavy (non-hydrogen) atoms. The summed E-state index contributed by atoms with van der Waals surface area (Å²) >= 11 is 0. The fourth-order valence-electron chi connectivity index (χ4n) is 4.24. The van der Waals surface area contributed by atoms with Crippen molar-refractivity contribution in [2.24, 2.45) is 0 Å². The number of carbonyl (C=O) groups is 2. The number of rotatable bonds is 6. The van der Waals surface area contributed by atoms with Gasteiger partial charge in [-0.3, -0.25) is 9.59 Å². The maximum Gasteiger partial charge on any atom is 0.309 e. The number of aromatic nitrogens is 2. The van der Waals surface area contributed by atoms with Gasteiger partial charge in [-0.1, -0.05) is 48.0 Å². The van der Waals surface area contributed by atoms with E-state index in [0.717, 1.165) is 46.5 Å². The van der Waals surface area contributed by atoms with Crippen LogP contribution in [-0.4, -0.2) is 21.7 Å². The zero-order valence-corrected chi connectivity index (χ0v) is 20.0. The molecule has 0 unspecified atom stereocenters. The maximum atomic E-state index is 12.7. The van der Waals surface area contributed by atoms with E-state index in [0.29, 0.717) is 23.0 Å². The molecule has 0 aliphatic heterocycles. The Morgan fingerprint density at radius 1 is 0.971 bits per heavy atom. The zero-order valence-electron chi connectivity index (χ0n) is 20.0. The van der Waals surface area contributed by atoms with Crippen LogP contribution >= 0.6 is 0 Å². The molecule has 6 nitrogen and oxygen atoms in total. The monoisotopic (exact) mass is 465 g/mol. The Bertz CT molecular complexity index is 1420. The van der Waals surface area contributed by atoms with Crippen LogP contribution in [0.3, 0.4) is 0 Å². The first kappa shape index (κ1) is 22.6. The molecule has 3 aromatic carbocycles. The van der Waals surface area contributed by atoms with Crippen LogP contribution in [0, 0.1) is 13.8 Å². The summed E-state index contributed by atoms with van der Waals surface area (Å²) in [5.41, 5.74) is 6.88. The molecule has 4 aromatic rings. The van der Waals surface area contributed by atoms with E-state index in [2.05, 4.69) is 5.32 Å². The number of aryl methyl sites for hydroxylation is 2. The van der Waals surface area contributed by atoms with Gasteiger partial charge in [-0.15, -0.1) is 0 Å². The molecular weight excluding hydrogens is 438 g/mol. The van der Waals surface area contributed by atoms with Gasteiger partial charge in [0.2, 0.25) is 5.88 Å². The van der Waals surface area contributed by atoms with Gasteiger partial charge in [-0.2, -0.15) is 9.78 Å². The number of nitrogens with zero attached hydrogens (tertiary/aromatic N) is 2. The van der Waals surface area contributed by atoms with Gasteiger partial charge in [0.15, 0.2) is 0 Å². The number of nitrogens with one attached hydrogen (secondary N) is 1. The topological polar surface area (TPSA) is 73.2 Å². The van der Waals surface area contributed by atoms with Gasteiger partial charge in [0.05, 0.1) is 16.9 Å². The molecule has 6 heteroatoms. The third-order valence-corrected chi connectivity index (χ3v) is 6.13. The number of amides is 1. The quantitative estimate of drug-likeness (QED) is 0.344. The number of para-hydroxylation sites is 1. The number of esters is 1. The van der Waals surface area contributed by atoms with Crippen molar-refractivity contribution in [3.63, 3.8) is 0 Å². The molecule has 1 N–H and O–H groups in total. The molecule has 1 saturated carbocycles. The van der Waals surface area contributed by atoms with E-state index < -0.39 is 5.97 Å². The normalized spacial score (nSPS) is 12.9. The SMILES string of the molecule is CC(=O)Oc1c(-c2ccc(NC(=O)c3cccc(C)c3)cc2)c(C2CC2)nn1-c1ccccc1C. The fraction of sp³-hybridized carbons (Fsp3) is 0.207. The highest BCUT2D eigenvalue weighted by Gasteiger charge is 2.34. The van der Waals surface area contributed by atoms with Crippen molar-refractivity contribution in [3.8, 4) is 22.7 Å². The Morgan fingerprint density at radius 2 is 1.71 bits per heavy atom. The molecule has 1 amide bonds. The van der Waals surface area contributed by atoms with Crippen LogP contribution in [0.15, 0.2) is 72.8 Å². The minimum Gasteiger partial charge on any atom is -0.407 e. The average molecular weight is 466 g/mol. The van der Waals surface area contributed by atoms with Gasteiger partial charge in [-0.25, -0.2) is 0 Å². The summed E-state index contributed by atoms with van der Waals surface area (Å²) in [5.74, 6) is 0.203. The zero-order chi connectivity index (χ0) is 24.5. The molecular formula is C29H27N3O3. The van der Waals surface area contributed by atoms with Crippen molar-refractivity contribution in [2.75, 3.05) is 5.32 Å². The van der Waals surface area contributed by atoms with Crippen molar-refractivity contribution in [3.05, 3.63) is 95.2 Å². The standard InChI is InChI=1S/C29H27N3O3/c1-18-7-6-9-23(17-18)28(34)30-24-15-13-21(14-16-24)26-27(22-11-12-22)31-32(29(26)35-20(3)33)25-10-5-4-8-19(25)2/h4-10,13-17,22H,11-12H2,1-3H3,(H,30,34). The number of benzene rings is 3. The van der Waals surface area contributed by atoms with Gasteiger partial charge >= 0.3 is 5.97 Å². The molecule has 1 heterocycles. The summed E-state index contributed by atoms with van der Waals surface area (Å²) in [7, 11) is 0. The van der Waals surface area contributed by atoms with E-state index in [1.54, 1.807) is 10.7 Å². The second kappa shape index (κ2) is 9.22. The smallest absolute Gasteiger partial charge is 0.309 e. The van der Waals surface area contributed by atoms with E-state index in [4.69, 9.17) is 9.84 Å². The molecule has 1 fully saturated rings. The van der Waals surface area contributed by atoms with Crippen LogP contribution in [0.1, 0.15) is 52.9 Å². The van der Waals surface area contributed by atoms with Crippen molar-refractivity contribution < 1.29 is 14.3 Å². The first-order valence-corrected chi connectivity index (χ1v) is 11.8. The highest BCUT2D eigenvalue weighted by Crippen LogP contribution is 2.48. The Kier molecular flexibility index (Phi) is 5.95. The number of hydrogen-bond donors (Lipinski definition) is 1. The molecule has 0 atom stereocenters. The fourth-order valence-corrected chi connectivity index (χ4v) is 4.24. The molecule has 1 aliphatic rings. The molecule has 0 radical (unpaired) electrons. The maximum absolute atomic E-state index is 12.7. The van der Waals surface area contributed by atoms with Crippen LogP contribution in [0.4, 0.5) is 5.69 Å². The highest BCUT2D eigenvalue weighted by molar-refractivity contribution is 6.04. The average Bonchev–Trinajstić information content (AvgIpc) is 3.62. The van der Waals surface area contributed by atoms with Crippen LogP contribution in [0.2, 0.25) is 0 Å². The Balaban J connectivity index is 1.53. The molecule has 0 bridgehead atoms. The second-order valence-corrected chi connectivity index (χ2v) is 9.03. The molecule has 1 aliphatic carbocycles. The molecule has 0 spiro atoms. The first-order valence-electron chi connectivity index (χ1n) is 11.8. The number of carbonyl (C=O) groups excluding carboxylic acids is 2. The van der Waals surface area contributed by atoms with Gasteiger partial charge < -0.3 is 10.1 Å². The molecule has 0 saturated heterocycles. The van der Waals surface area contributed by atoms with Gasteiger partial charge in [-0.05, 0) is 68.1 Å². The summed E-state index contributed by atoms with van der Waals surface area (Å²) in [6, 6.07) is 23.0. The van der Waals surface area contributed by atoms with E-state index >= 15 is 0 Å². The van der Waals surface area contributed by atoms with Crippen molar-refractivity contribution in [2.45, 2.75) is 39.5 Å². The second-order valence-electron chi connectivity index (χ2n) is 9.03. The van der Waals surface area contributed by atoms with Crippen molar-refractivity contribution in [1.82, 2.24) is 9.78 Å². The van der Waals surface area contributed by atoms with E-state index in [1.807, 2.05) is 80.6 Å². The highest BCUT2D eigenvalue weighted by atomic mass is 16.5. The lowest BCUT2D eigenvalue weighted by Crippen LogP contribution is -2.11. The molecule has 5 rings (SSSR count). The minimum absolute atomic E-state index is 0.159. The predicted octanol–water partition coefficient (Wildman–Crippen LogP) is 6.21. The third-order valence-electron chi connectivity index (χ3n) is 6.13. The largest absolute Gasteiger partial charge is 0.407 e. The summed E-state index contributed by atoms with van der Waals surface area (Å²) < 4.78 is 7.50. The number of ether oxygens (including phenoxy) is 1. The summed E-state index contributed by atoms with van der Waals surface area (Å²) in [6.45, 7) is 5.37. The Labute approximate surface area is 204 Å². The van der Waals surface area contributed by atoms with Gasteiger partial charge in [0.1, 0.15) is 0 Å². The van der Waals surface area contributed by atoms with Crippen LogP contribution in [0.25, 0.3) is 16.8 Å². The summed E-state index contributed by atoms with van der Waals surface area (Å²) in [6.07, 6.45) is 2.11. The van der Waals surface area contributed by atoms with Crippen LogP contribution in [-0.2, 0) is 4.79 Å². The molecule has 176 valence electrons. The number of anilines is 1. The van der Waals surface area contributed by atoms with Crippen LogP contribution < -0.4 is 10.1 Å². The lowest BCUT2D eigenvalue weighted by Gasteiger charge is -2.12. The van der Waals surface area contributed by atoms with E-state index in [1.165, 1.54) is 6.92 Å². The third kappa shape index (κ3) is 4.73. The Morgan fingerprint density at radius 3 is 2.37 bits per heavy atom. The van der Waals surface area contributed by atoms with Crippen LogP contribution in [0.5, 0.6) is 5.88 Å². The van der Waals surface area contributed by atoms with Gasteiger partial charge in [0, 0.05) is 24.1 Å². The minimum atomic E-state index is -0.398. The number of hydrogen-bond acceptors (Lipinski definition) is 4. The van der Waals surface area contributed by atoms with Crippen molar-refractivity contribution >= 4 is 17.6 Å². The first-order chi connectivity index (χ1) is 16.9. The van der Waals surface area contributed by atoms with Crippen molar-refractivity contribution in [1.29, 1.82) is 0 Å². The molecule has 1 aromatic heterocycles. The summed E-state index contributed by atoms with van der Waals surface area (Å²) in [4.78, 5) is 24.7. The lowest BCUT2D eigenvalue weighted by molar-refractivity contribution is -0.132. The van der Waals surface area contributed by atoms with E-state index in [9.17, 15) is 9.59 Å². The Hall–Kier alpha value is -4.19. The lowest BCUT2D eigenvalue weighted by atomic mass is 10.0. The van der Waals surface area contributed by atoms with Gasteiger partial charge in [0.25, 0.3) is 5.91 Å². The predicted molar refractivity (Wildman–Crippen MR) is 136 cm³/mol. The van der Waals surface area contributed by atoms with E-state index in [-0.39, 0.29) is 5.91 Å².